The van der Waals surface area contributed by atoms with Gasteiger partial charge in [-0.3, -0.25) is 9.78 Å². The van der Waals surface area contributed by atoms with E-state index in [1.165, 1.54) is 18.3 Å². The lowest BCUT2D eigenvalue weighted by atomic mass is 10.2. The van der Waals surface area contributed by atoms with E-state index in [1.54, 1.807) is 0 Å². The van der Waals surface area contributed by atoms with Crippen molar-refractivity contribution in [1.82, 2.24) is 10.3 Å². The highest BCUT2D eigenvalue weighted by Crippen LogP contribution is 2.08. The van der Waals surface area contributed by atoms with E-state index in [0.717, 1.165) is 6.42 Å². The molecular formula is C14H18N2O5. The van der Waals surface area contributed by atoms with Crippen LogP contribution in [0.4, 0.5) is 0 Å². The summed E-state index contributed by atoms with van der Waals surface area (Å²) in [5, 5.41) is 11.6. The molecule has 7 nitrogen and oxygen atoms in total. The summed E-state index contributed by atoms with van der Waals surface area (Å²) in [5.41, 5.74) is 0.105. The van der Waals surface area contributed by atoms with E-state index in [-0.39, 0.29) is 23.4 Å². The van der Waals surface area contributed by atoms with Crippen molar-refractivity contribution < 1.29 is 24.2 Å². The van der Waals surface area contributed by atoms with Gasteiger partial charge in [0.15, 0.2) is 0 Å². The Morgan fingerprint density at radius 2 is 2.43 bits per heavy atom. The van der Waals surface area contributed by atoms with Gasteiger partial charge in [-0.15, -0.1) is 0 Å². The van der Waals surface area contributed by atoms with E-state index in [0.29, 0.717) is 19.8 Å². The number of nitrogens with one attached hydrogen (secondary N) is 1. The van der Waals surface area contributed by atoms with Crippen molar-refractivity contribution in [3.8, 4) is 0 Å². The summed E-state index contributed by atoms with van der Waals surface area (Å²) in [6, 6.07) is 2.38. The molecule has 1 aliphatic rings. The Morgan fingerprint density at radius 3 is 3.10 bits per heavy atom. The maximum atomic E-state index is 12.0. The van der Waals surface area contributed by atoms with Gasteiger partial charge in [-0.1, -0.05) is 0 Å². The largest absolute Gasteiger partial charge is 0.478 e. The van der Waals surface area contributed by atoms with E-state index in [2.05, 4.69) is 10.3 Å². The normalized spacial score (nSPS) is 19.2. The van der Waals surface area contributed by atoms with Crippen LogP contribution in [-0.4, -0.2) is 53.9 Å². The first-order chi connectivity index (χ1) is 10.1. The van der Waals surface area contributed by atoms with E-state index in [1.807, 2.05) is 6.92 Å². The zero-order valence-electron chi connectivity index (χ0n) is 11.7. The molecule has 0 saturated carbocycles. The first-order valence-electron chi connectivity index (χ1n) is 6.76. The van der Waals surface area contributed by atoms with Crippen LogP contribution in [-0.2, 0) is 9.47 Å². The van der Waals surface area contributed by atoms with Gasteiger partial charge in [-0.2, -0.15) is 0 Å². The Hall–Kier alpha value is -1.99. The van der Waals surface area contributed by atoms with Gasteiger partial charge in [0, 0.05) is 18.8 Å². The van der Waals surface area contributed by atoms with Gasteiger partial charge in [0.1, 0.15) is 5.69 Å². The molecule has 114 valence electrons. The minimum Gasteiger partial charge on any atom is -0.478 e. The fourth-order valence-corrected chi connectivity index (χ4v) is 1.95. The number of pyridine rings is 1. The molecule has 1 saturated heterocycles. The molecule has 0 aromatic carbocycles. The molecule has 2 N–H and O–H groups in total. The highest BCUT2D eigenvalue weighted by molar-refractivity contribution is 5.95. The first kappa shape index (κ1) is 15.4. The lowest BCUT2D eigenvalue weighted by Gasteiger charge is -2.16. The molecule has 0 spiro atoms. The first-order valence-corrected chi connectivity index (χ1v) is 6.76. The number of amides is 1. The van der Waals surface area contributed by atoms with Gasteiger partial charge in [0.2, 0.25) is 0 Å². The molecule has 0 radical (unpaired) electrons. The maximum absolute atomic E-state index is 12.0. The van der Waals surface area contributed by atoms with Gasteiger partial charge in [0.25, 0.3) is 5.91 Å². The number of carbonyl (C=O) groups excluding carboxylic acids is 1. The summed E-state index contributed by atoms with van der Waals surface area (Å²) in [6.45, 7) is 3.48. The van der Waals surface area contributed by atoms with Crippen molar-refractivity contribution in [3.63, 3.8) is 0 Å². The molecule has 1 aromatic rings. The summed E-state index contributed by atoms with van der Waals surface area (Å²) >= 11 is 0. The Bertz CT molecular complexity index is 514. The number of nitrogens with zero attached hydrogens (tertiary/aromatic N) is 1. The number of hydrogen-bond acceptors (Lipinski definition) is 5. The SMILES string of the molecule is CC(COC1CCOC1)NC(=O)c1cc(C(=O)O)ccn1. The van der Waals surface area contributed by atoms with Gasteiger partial charge in [0.05, 0.1) is 24.9 Å². The fourth-order valence-electron chi connectivity index (χ4n) is 1.95. The molecule has 1 aromatic heterocycles. The Kier molecular flexibility index (Phi) is 5.24. The maximum Gasteiger partial charge on any atom is 0.335 e. The molecule has 0 aliphatic carbocycles. The predicted octanol–water partition coefficient (Wildman–Crippen LogP) is 0.704. The molecule has 7 heteroatoms. The van der Waals surface area contributed by atoms with E-state index in [9.17, 15) is 9.59 Å². The van der Waals surface area contributed by atoms with Gasteiger partial charge < -0.3 is 19.9 Å². The van der Waals surface area contributed by atoms with Gasteiger partial charge >= 0.3 is 5.97 Å². The average molecular weight is 294 g/mol. The molecule has 2 atom stereocenters. The minimum atomic E-state index is -1.09. The van der Waals surface area contributed by atoms with Crippen LogP contribution in [0, 0.1) is 0 Å². The van der Waals surface area contributed by atoms with Crippen LogP contribution in [0.5, 0.6) is 0 Å². The Morgan fingerprint density at radius 1 is 1.62 bits per heavy atom. The zero-order chi connectivity index (χ0) is 15.2. The third-order valence-electron chi connectivity index (χ3n) is 3.09. The highest BCUT2D eigenvalue weighted by atomic mass is 16.5. The number of aromatic nitrogens is 1. The van der Waals surface area contributed by atoms with Crippen molar-refractivity contribution in [2.75, 3.05) is 19.8 Å². The minimum absolute atomic E-state index is 0.0298. The molecule has 2 rings (SSSR count). The molecule has 21 heavy (non-hydrogen) atoms. The molecule has 1 aliphatic heterocycles. The van der Waals surface area contributed by atoms with E-state index >= 15 is 0 Å². The number of aromatic carboxylic acids is 1. The number of hydrogen-bond donors (Lipinski definition) is 2. The number of rotatable bonds is 6. The second-order valence-corrected chi connectivity index (χ2v) is 4.93. The van der Waals surface area contributed by atoms with E-state index in [4.69, 9.17) is 14.6 Å². The predicted molar refractivity (Wildman–Crippen MR) is 73.3 cm³/mol. The van der Waals surface area contributed by atoms with Gasteiger partial charge in [-0.05, 0) is 25.5 Å². The Labute approximate surface area is 122 Å². The van der Waals surface area contributed by atoms with Crippen LogP contribution in [0.3, 0.4) is 0 Å². The quantitative estimate of drug-likeness (QED) is 0.801. The number of ether oxygens (including phenoxy) is 2. The van der Waals surface area contributed by atoms with Crippen LogP contribution in [0.25, 0.3) is 0 Å². The molecular weight excluding hydrogens is 276 g/mol. The summed E-state index contributed by atoms with van der Waals surface area (Å²) in [4.78, 5) is 26.7. The van der Waals surface area contributed by atoms with Crippen LogP contribution in [0.2, 0.25) is 0 Å². The lowest BCUT2D eigenvalue weighted by molar-refractivity contribution is 0.0318. The summed E-state index contributed by atoms with van der Waals surface area (Å²) in [6.07, 6.45) is 2.25. The van der Waals surface area contributed by atoms with Crippen LogP contribution < -0.4 is 5.32 Å². The molecule has 1 amide bonds. The van der Waals surface area contributed by atoms with Crippen LogP contribution in [0.1, 0.15) is 34.2 Å². The monoisotopic (exact) mass is 294 g/mol. The van der Waals surface area contributed by atoms with Crippen molar-refractivity contribution in [1.29, 1.82) is 0 Å². The molecule has 2 unspecified atom stereocenters. The summed E-state index contributed by atoms with van der Waals surface area (Å²) < 4.78 is 10.8. The summed E-state index contributed by atoms with van der Waals surface area (Å²) in [7, 11) is 0. The number of carbonyl (C=O) groups is 2. The smallest absolute Gasteiger partial charge is 0.335 e. The second kappa shape index (κ2) is 7.14. The topological polar surface area (TPSA) is 97.8 Å². The third kappa shape index (κ3) is 4.51. The second-order valence-electron chi connectivity index (χ2n) is 4.93. The average Bonchev–Trinajstić information content (AvgIpc) is 2.98. The van der Waals surface area contributed by atoms with E-state index < -0.39 is 11.9 Å². The molecule has 0 bridgehead atoms. The number of carboxylic acid groups (broad SMARTS) is 1. The van der Waals surface area contributed by atoms with Crippen LogP contribution >= 0.6 is 0 Å². The van der Waals surface area contributed by atoms with Crippen molar-refractivity contribution in [3.05, 3.63) is 29.6 Å². The Balaban J connectivity index is 1.85. The zero-order valence-corrected chi connectivity index (χ0v) is 11.7. The van der Waals surface area contributed by atoms with Gasteiger partial charge in [-0.25, -0.2) is 4.79 Å². The fraction of sp³-hybridized carbons (Fsp3) is 0.500. The molecule has 2 heterocycles. The molecule has 1 fully saturated rings. The summed E-state index contributed by atoms with van der Waals surface area (Å²) in [5.74, 6) is -1.51. The van der Waals surface area contributed by atoms with Crippen molar-refractivity contribution >= 4 is 11.9 Å². The standard InChI is InChI=1S/C14H18N2O5/c1-9(7-21-11-3-5-20-8-11)16-13(17)12-6-10(14(18)19)2-4-15-12/h2,4,6,9,11H,3,5,7-8H2,1H3,(H,16,17)(H,18,19). The van der Waals surface area contributed by atoms with Crippen LogP contribution in [0.15, 0.2) is 18.3 Å². The van der Waals surface area contributed by atoms with Crippen molar-refractivity contribution in [2.45, 2.75) is 25.5 Å². The number of carboxylic acids is 1. The van der Waals surface area contributed by atoms with Crippen molar-refractivity contribution in [2.24, 2.45) is 0 Å². The third-order valence-corrected chi connectivity index (χ3v) is 3.09. The highest BCUT2D eigenvalue weighted by Gasteiger charge is 2.18. The lowest BCUT2D eigenvalue weighted by Crippen LogP contribution is -2.37.